The Hall–Kier alpha value is -2.24. The van der Waals surface area contributed by atoms with E-state index < -0.39 is 6.04 Å². The molecular formula is C28H41NO5. The summed E-state index contributed by atoms with van der Waals surface area (Å²) >= 11 is 0. The molecule has 4 rings (SSSR count). The quantitative estimate of drug-likeness (QED) is 0.488. The van der Waals surface area contributed by atoms with Crippen LogP contribution < -0.4 is 9.47 Å². The van der Waals surface area contributed by atoms with Crippen LogP contribution in [0.25, 0.3) is 0 Å². The molecule has 0 aromatic heterocycles. The number of carbonyl (C=O) groups is 2. The molecule has 3 fully saturated rings. The molecule has 2 atom stereocenters. The predicted molar refractivity (Wildman–Crippen MR) is 131 cm³/mol. The van der Waals surface area contributed by atoms with Crippen molar-refractivity contribution in [3.8, 4) is 11.5 Å². The minimum Gasteiger partial charge on any atom is -0.493 e. The van der Waals surface area contributed by atoms with Gasteiger partial charge in [-0.25, -0.2) is 4.79 Å². The van der Waals surface area contributed by atoms with Gasteiger partial charge in [0.05, 0.1) is 20.1 Å². The van der Waals surface area contributed by atoms with Gasteiger partial charge < -0.3 is 19.1 Å². The average Bonchev–Trinajstić information content (AvgIpc) is 3.37. The van der Waals surface area contributed by atoms with Gasteiger partial charge >= 0.3 is 5.97 Å². The van der Waals surface area contributed by atoms with E-state index in [1.54, 1.807) is 14.2 Å². The van der Waals surface area contributed by atoms with Crippen LogP contribution in [0, 0.1) is 12.8 Å². The Balaban J connectivity index is 1.64. The molecule has 6 heteroatoms. The zero-order valence-electron chi connectivity index (χ0n) is 21.1. The Kier molecular flexibility index (Phi) is 8.38. The number of hydrogen-bond acceptors (Lipinski definition) is 5. The first-order chi connectivity index (χ1) is 16.5. The summed E-state index contributed by atoms with van der Waals surface area (Å²) < 4.78 is 17.1. The molecule has 0 bridgehead atoms. The third-order valence-electron chi connectivity index (χ3n) is 8.08. The Morgan fingerprint density at radius 2 is 1.56 bits per heavy atom. The lowest BCUT2D eigenvalue weighted by Gasteiger charge is -2.39. The van der Waals surface area contributed by atoms with Crippen molar-refractivity contribution in [1.29, 1.82) is 0 Å². The maximum absolute atomic E-state index is 14.3. The predicted octanol–water partition coefficient (Wildman–Crippen LogP) is 5.54. The molecule has 188 valence electrons. The number of likely N-dealkylation sites (tertiary alicyclic amines) is 1. The van der Waals surface area contributed by atoms with E-state index in [0.717, 1.165) is 75.3 Å². The number of piperidine rings is 1. The molecule has 0 N–H and O–H groups in total. The minimum absolute atomic E-state index is 0.0222. The molecule has 2 aliphatic carbocycles. The summed E-state index contributed by atoms with van der Waals surface area (Å²) in [6.45, 7) is 2.62. The lowest BCUT2D eigenvalue weighted by Crippen LogP contribution is -2.51. The van der Waals surface area contributed by atoms with Crippen molar-refractivity contribution in [2.24, 2.45) is 5.92 Å². The number of amides is 1. The summed E-state index contributed by atoms with van der Waals surface area (Å²) in [6, 6.07) is 3.59. The van der Waals surface area contributed by atoms with Crippen molar-refractivity contribution in [3.05, 3.63) is 23.3 Å². The summed E-state index contributed by atoms with van der Waals surface area (Å²) in [5.41, 5.74) is 1.93. The third-order valence-corrected chi connectivity index (χ3v) is 8.08. The van der Waals surface area contributed by atoms with Crippen molar-refractivity contribution in [3.63, 3.8) is 0 Å². The van der Waals surface area contributed by atoms with E-state index in [2.05, 4.69) is 6.07 Å². The lowest BCUT2D eigenvalue weighted by molar-refractivity contribution is -0.162. The Morgan fingerprint density at radius 3 is 2.24 bits per heavy atom. The van der Waals surface area contributed by atoms with Crippen molar-refractivity contribution < 1.29 is 23.8 Å². The molecule has 1 aliphatic heterocycles. The van der Waals surface area contributed by atoms with Gasteiger partial charge in [0.1, 0.15) is 12.1 Å². The molecule has 6 nitrogen and oxygen atoms in total. The second-order valence-corrected chi connectivity index (χ2v) is 10.3. The second-order valence-electron chi connectivity index (χ2n) is 10.3. The van der Waals surface area contributed by atoms with Crippen LogP contribution in [-0.2, 0) is 14.3 Å². The van der Waals surface area contributed by atoms with Crippen LogP contribution >= 0.6 is 0 Å². The number of aryl methyl sites for hydroxylation is 1. The molecule has 0 radical (unpaired) electrons. The molecule has 1 saturated heterocycles. The Bertz CT molecular complexity index is 857. The van der Waals surface area contributed by atoms with Crippen molar-refractivity contribution in [2.75, 3.05) is 20.8 Å². The van der Waals surface area contributed by atoms with Crippen LogP contribution in [0.5, 0.6) is 11.5 Å². The summed E-state index contributed by atoms with van der Waals surface area (Å²) in [5, 5.41) is 0. The first kappa shape index (κ1) is 24.9. The summed E-state index contributed by atoms with van der Waals surface area (Å²) in [7, 11) is 3.28. The molecule has 1 aromatic carbocycles. The first-order valence-corrected chi connectivity index (χ1v) is 13.3. The fourth-order valence-electron chi connectivity index (χ4n) is 6.31. The van der Waals surface area contributed by atoms with Crippen molar-refractivity contribution in [2.45, 2.75) is 102 Å². The highest BCUT2D eigenvalue weighted by molar-refractivity contribution is 5.89. The number of rotatable bonds is 7. The molecule has 0 unspecified atom stereocenters. The molecule has 2 saturated carbocycles. The van der Waals surface area contributed by atoms with Crippen LogP contribution in [0.4, 0.5) is 0 Å². The fraction of sp³-hybridized carbons (Fsp3) is 0.714. The topological polar surface area (TPSA) is 65.1 Å². The maximum Gasteiger partial charge on any atom is 0.329 e. The van der Waals surface area contributed by atoms with Gasteiger partial charge in [-0.05, 0) is 87.8 Å². The third kappa shape index (κ3) is 5.36. The van der Waals surface area contributed by atoms with Gasteiger partial charge in [-0.15, -0.1) is 0 Å². The van der Waals surface area contributed by atoms with Crippen LogP contribution in [0.15, 0.2) is 12.1 Å². The average molecular weight is 472 g/mol. The number of ether oxygens (including phenoxy) is 3. The number of carbonyl (C=O) groups excluding carboxylic acids is 2. The van der Waals surface area contributed by atoms with E-state index in [4.69, 9.17) is 14.2 Å². The molecular weight excluding hydrogens is 430 g/mol. The van der Waals surface area contributed by atoms with E-state index in [9.17, 15) is 9.59 Å². The molecule has 3 aliphatic rings. The smallest absolute Gasteiger partial charge is 0.329 e. The maximum atomic E-state index is 14.3. The second kappa shape index (κ2) is 11.5. The summed E-state index contributed by atoms with van der Waals surface area (Å²) in [5.74, 6) is 1.22. The standard InChI is InChI=1S/C28H41NO5/c1-19-17-21(18-24(32-2)26(19)33-3)25(20-11-5-4-6-12-20)27(30)29-16-10-9-15-23(29)28(31)34-22-13-7-8-14-22/h17-18,20,22-23,25H,4-16H2,1-3H3/t23-,25-/m0/s1. The molecule has 34 heavy (non-hydrogen) atoms. The van der Waals surface area contributed by atoms with Gasteiger partial charge in [0.25, 0.3) is 0 Å². The highest BCUT2D eigenvalue weighted by Gasteiger charge is 2.41. The zero-order valence-corrected chi connectivity index (χ0v) is 21.1. The minimum atomic E-state index is -0.464. The van der Waals surface area contributed by atoms with E-state index >= 15 is 0 Å². The monoisotopic (exact) mass is 471 g/mol. The van der Waals surface area contributed by atoms with Gasteiger partial charge in [0.2, 0.25) is 5.91 Å². The zero-order chi connectivity index (χ0) is 24.1. The Morgan fingerprint density at radius 1 is 0.882 bits per heavy atom. The van der Waals surface area contributed by atoms with Crippen LogP contribution in [-0.4, -0.2) is 49.7 Å². The van der Waals surface area contributed by atoms with Crippen molar-refractivity contribution in [1.82, 2.24) is 4.90 Å². The number of hydrogen-bond donors (Lipinski definition) is 0. The van der Waals surface area contributed by atoms with Crippen molar-refractivity contribution >= 4 is 11.9 Å². The largest absolute Gasteiger partial charge is 0.493 e. The molecule has 1 amide bonds. The first-order valence-electron chi connectivity index (χ1n) is 13.3. The van der Waals surface area contributed by atoms with E-state index in [1.165, 1.54) is 6.42 Å². The van der Waals surface area contributed by atoms with Gasteiger partial charge in [-0.1, -0.05) is 25.3 Å². The van der Waals surface area contributed by atoms with Crippen LogP contribution in [0.1, 0.15) is 94.1 Å². The summed E-state index contributed by atoms with van der Waals surface area (Å²) in [4.78, 5) is 29.3. The SMILES string of the molecule is COc1cc([C@@H](C(=O)N2CCCC[C@H]2C(=O)OC2CCCC2)C2CCCCC2)cc(C)c1OC. The summed E-state index contributed by atoms with van der Waals surface area (Å²) in [6.07, 6.45) is 12.3. The van der Waals surface area contributed by atoms with Gasteiger partial charge in [-0.3, -0.25) is 4.79 Å². The number of methoxy groups -OCH3 is 2. The highest BCUT2D eigenvalue weighted by atomic mass is 16.5. The van der Waals surface area contributed by atoms with Gasteiger partial charge in [0, 0.05) is 6.54 Å². The fourth-order valence-corrected chi connectivity index (χ4v) is 6.31. The normalized spacial score (nSPS) is 22.9. The molecule has 0 spiro atoms. The van der Waals surface area contributed by atoms with E-state index in [0.29, 0.717) is 24.5 Å². The van der Waals surface area contributed by atoms with Crippen LogP contribution in [0.3, 0.4) is 0 Å². The number of benzene rings is 1. The van der Waals surface area contributed by atoms with Gasteiger partial charge in [-0.2, -0.15) is 0 Å². The number of esters is 1. The van der Waals surface area contributed by atoms with Crippen LogP contribution in [0.2, 0.25) is 0 Å². The van der Waals surface area contributed by atoms with E-state index in [-0.39, 0.29) is 29.8 Å². The molecule has 1 heterocycles. The number of nitrogens with zero attached hydrogens (tertiary/aromatic N) is 1. The molecule has 1 aromatic rings. The van der Waals surface area contributed by atoms with Gasteiger partial charge in [0.15, 0.2) is 11.5 Å². The lowest BCUT2D eigenvalue weighted by atomic mass is 9.75. The highest BCUT2D eigenvalue weighted by Crippen LogP contribution is 2.42. The Labute approximate surface area is 204 Å². The van der Waals surface area contributed by atoms with E-state index in [1.807, 2.05) is 17.9 Å².